The highest BCUT2D eigenvalue weighted by Gasteiger charge is 2.10. The summed E-state index contributed by atoms with van der Waals surface area (Å²) in [5, 5.41) is 2.99. The van der Waals surface area contributed by atoms with E-state index >= 15 is 0 Å². The molecular weight excluding hydrogens is 276 g/mol. The van der Waals surface area contributed by atoms with Crippen molar-refractivity contribution in [2.24, 2.45) is 0 Å². The maximum Gasteiger partial charge on any atom is 0.251 e. The third kappa shape index (κ3) is 3.25. The Hall–Kier alpha value is -2.82. The molecule has 0 fully saturated rings. The highest BCUT2D eigenvalue weighted by molar-refractivity contribution is 5.94. The van der Waals surface area contributed by atoms with E-state index in [9.17, 15) is 4.79 Å². The van der Waals surface area contributed by atoms with Gasteiger partial charge >= 0.3 is 0 Å². The molecule has 0 spiro atoms. The number of nitrogens with zero attached hydrogens (tertiary/aromatic N) is 3. The van der Waals surface area contributed by atoms with E-state index in [4.69, 9.17) is 0 Å². The Kier molecular flexibility index (Phi) is 4.05. The molecule has 1 atom stereocenters. The summed E-state index contributed by atoms with van der Waals surface area (Å²) < 4.78 is 3.95. The molecule has 1 unspecified atom stereocenters. The van der Waals surface area contributed by atoms with Gasteiger partial charge in [-0.3, -0.25) is 4.79 Å². The van der Waals surface area contributed by atoms with E-state index in [1.165, 1.54) is 0 Å². The quantitative estimate of drug-likeness (QED) is 0.786. The highest BCUT2D eigenvalue weighted by Crippen LogP contribution is 2.10. The molecular formula is C17H18N4O. The van der Waals surface area contributed by atoms with E-state index in [1.54, 1.807) is 12.5 Å². The molecule has 5 heteroatoms. The standard InChI is InChI=1S/C17H18N4O/c1-14(12-20-11-8-18-13-20)19-17(22)15-4-6-16(7-5-15)21-9-2-3-10-21/h2-11,13-14H,12H2,1H3,(H,19,22). The molecule has 0 bridgehead atoms. The van der Waals surface area contributed by atoms with Crippen molar-refractivity contribution in [1.29, 1.82) is 0 Å². The summed E-state index contributed by atoms with van der Waals surface area (Å²) in [7, 11) is 0. The van der Waals surface area contributed by atoms with Crippen LogP contribution >= 0.6 is 0 Å². The minimum Gasteiger partial charge on any atom is -0.348 e. The number of aromatic nitrogens is 3. The summed E-state index contributed by atoms with van der Waals surface area (Å²) >= 11 is 0. The summed E-state index contributed by atoms with van der Waals surface area (Å²) in [6, 6.07) is 11.5. The van der Waals surface area contributed by atoms with Gasteiger partial charge in [0.15, 0.2) is 0 Å². The predicted molar refractivity (Wildman–Crippen MR) is 84.9 cm³/mol. The normalized spacial score (nSPS) is 12.0. The Balaban J connectivity index is 1.62. The minimum atomic E-state index is -0.0633. The Morgan fingerprint density at radius 1 is 1.18 bits per heavy atom. The Morgan fingerprint density at radius 3 is 2.55 bits per heavy atom. The molecule has 0 saturated heterocycles. The van der Waals surface area contributed by atoms with Crippen LogP contribution in [0.5, 0.6) is 0 Å². The molecule has 0 aliphatic heterocycles. The van der Waals surface area contributed by atoms with Gasteiger partial charge in [0, 0.05) is 48.6 Å². The number of rotatable bonds is 5. The lowest BCUT2D eigenvalue weighted by Gasteiger charge is -2.14. The molecule has 2 aromatic heterocycles. The number of amides is 1. The Morgan fingerprint density at radius 2 is 1.91 bits per heavy atom. The van der Waals surface area contributed by atoms with E-state index in [0.29, 0.717) is 12.1 Å². The topological polar surface area (TPSA) is 51.9 Å². The van der Waals surface area contributed by atoms with Crippen LogP contribution < -0.4 is 5.32 Å². The summed E-state index contributed by atoms with van der Waals surface area (Å²) in [6.45, 7) is 2.68. The van der Waals surface area contributed by atoms with Gasteiger partial charge in [-0.15, -0.1) is 0 Å². The fraction of sp³-hybridized carbons (Fsp3) is 0.176. The van der Waals surface area contributed by atoms with E-state index < -0.39 is 0 Å². The van der Waals surface area contributed by atoms with Crippen LogP contribution in [0.15, 0.2) is 67.5 Å². The summed E-state index contributed by atoms with van der Waals surface area (Å²) in [5.74, 6) is -0.0633. The maximum atomic E-state index is 12.2. The summed E-state index contributed by atoms with van der Waals surface area (Å²) in [4.78, 5) is 16.2. The fourth-order valence-corrected chi connectivity index (χ4v) is 2.36. The van der Waals surface area contributed by atoms with Crippen molar-refractivity contribution in [2.75, 3.05) is 0 Å². The highest BCUT2D eigenvalue weighted by atomic mass is 16.1. The second-order valence-electron chi connectivity index (χ2n) is 5.27. The largest absolute Gasteiger partial charge is 0.348 e. The zero-order chi connectivity index (χ0) is 15.4. The predicted octanol–water partition coefficient (Wildman–Crippen LogP) is 2.49. The van der Waals surface area contributed by atoms with E-state index in [-0.39, 0.29) is 11.9 Å². The van der Waals surface area contributed by atoms with Crippen LogP contribution in [0.4, 0.5) is 0 Å². The van der Waals surface area contributed by atoms with Crippen LogP contribution in [0.2, 0.25) is 0 Å². The Labute approximate surface area is 129 Å². The molecule has 3 rings (SSSR count). The van der Waals surface area contributed by atoms with E-state index in [2.05, 4.69) is 10.3 Å². The van der Waals surface area contributed by atoms with Gasteiger partial charge in [-0.2, -0.15) is 0 Å². The third-order valence-electron chi connectivity index (χ3n) is 3.45. The molecule has 0 saturated carbocycles. The molecule has 1 aromatic carbocycles. The van der Waals surface area contributed by atoms with E-state index in [1.807, 2.05) is 71.0 Å². The molecule has 2 heterocycles. The number of hydrogen-bond donors (Lipinski definition) is 1. The van der Waals surface area contributed by atoms with Crippen molar-refractivity contribution in [3.63, 3.8) is 0 Å². The lowest BCUT2D eigenvalue weighted by atomic mass is 10.2. The Bertz CT molecular complexity index is 715. The molecule has 0 radical (unpaired) electrons. The van der Waals surface area contributed by atoms with Gasteiger partial charge in [-0.05, 0) is 43.3 Å². The van der Waals surface area contributed by atoms with Crippen LogP contribution in [0.25, 0.3) is 5.69 Å². The van der Waals surface area contributed by atoms with Crippen LogP contribution in [0.1, 0.15) is 17.3 Å². The molecule has 112 valence electrons. The first-order valence-corrected chi connectivity index (χ1v) is 7.22. The average Bonchev–Trinajstić information content (AvgIpc) is 3.20. The zero-order valence-electron chi connectivity index (χ0n) is 12.4. The smallest absolute Gasteiger partial charge is 0.251 e. The number of hydrogen-bond acceptors (Lipinski definition) is 2. The van der Waals surface area contributed by atoms with Crippen molar-refractivity contribution in [2.45, 2.75) is 19.5 Å². The zero-order valence-corrected chi connectivity index (χ0v) is 12.4. The van der Waals surface area contributed by atoms with Gasteiger partial charge in [-0.25, -0.2) is 4.98 Å². The van der Waals surface area contributed by atoms with E-state index in [0.717, 1.165) is 5.69 Å². The van der Waals surface area contributed by atoms with Crippen molar-refractivity contribution in [1.82, 2.24) is 19.4 Å². The van der Waals surface area contributed by atoms with Gasteiger partial charge < -0.3 is 14.5 Å². The van der Waals surface area contributed by atoms with Crippen molar-refractivity contribution in [3.05, 3.63) is 73.1 Å². The SMILES string of the molecule is CC(Cn1ccnc1)NC(=O)c1ccc(-n2cccc2)cc1. The van der Waals surface area contributed by atoms with Crippen LogP contribution in [-0.2, 0) is 6.54 Å². The number of carbonyl (C=O) groups excluding carboxylic acids is 1. The lowest BCUT2D eigenvalue weighted by Crippen LogP contribution is -2.35. The molecule has 3 aromatic rings. The second kappa shape index (κ2) is 6.30. The van der Waals surface area contributed by atoms with Crippen LogP contribution in [0, 0.1) is 0 Å². The maximum absolute atomic E-state index is 12.2. The molecule has 22 heavy (non-hydrogen) atoms. The van der Waals surface area contributed by atoms with Gasteiger partial charge in [-0.1, -0.05) is 0 Å². The van der Waals surface area contributed by atoms with Gasteiger partial charge in [0.05, 0.1) is 6.33 Å². The van der Waals surface area contributed by atoms with Crippen molar-refractivity contribution < 1.29 is 4.79 Å². The molecule has 0 aliphatic rings. The lowest BCUT2D eigenvalue weighted by molar-refractivity contribution is 0.0936. The summed E-state index contributed by atoms with van der Waals surface area (Å²) in [5.41, 5.74) is 1.70. The third-order valence-corrected chi connectivity index (χ3v) is 3.45. The van der Waals surface area contributed by atoms with Gasteiger partial charge in [0.25, 0.3) is 5.91 Å². The first-order valence-electron chi connectivity index (χ1n) is 7.22. The number of nitrogens with one attached hydrogen (secondary N) is 1. The molecule has 5 nitrogen and oxygen atoms in total. The average molecular weight is 294 g/mol. The van der Waals surface area contributed by atoms with Crippen LogP contribution in [0.3, 0.4) is 0 Å². The second-order valence-corrected chi connectivity index (χ2v) is 5.27. The first-order chi connectivity index (χ1) is 10.7. The first kappa shape index (κ1) is 14.1. The minimum absolute atomic E-state index is 0.0332. The molecule has 1 amide bonds. The number of benzene rings is 1. The van der Waals surface area contributed by atoms with Crippen molar-refractivity contribution >= 4 is 5.91 Å². The molecule has 1 N–H and O–H groups in total. The number of imidazole rings is 1. The monoisotopic (exact) mass is 294 g/mol. The fourth-order valence-electron chi connectivity index (χ4n) is 2.36. The van der Waals surface area contributed by atoms with Gasteiger partial charge in [0.1, 0.15) is 0 Å². The van der Waals surface area contributed by atoms with Crippen LogP contribution in [-0.4, -0.2) is 26.1 Å². The summed E-state index contributed by atoms with van der Waals surface area (Å²) in [6.07, 6.45) is 9.31. The molecule has 0 aliphatic carbocycles. The number of carbonyl (C=O) groups is 1. The van der Waals surface area contributed by atoms with Gasteiger partial charge in [0.2, 0.25) is 0 Å². The van der Waals surface area contributed by atoms with Crippen molar-refractivity contribution in [3.8, 4) is 5.69 Å².